The van der Waals surface area contributed by atoms with Crippen molar-refractivity contribution in [3.63, 3.8) is 0 Å². The van der Waals surface area contributed by atoms with E-state index in [4.69, 9.17) is 0 Å². The van der Waals surface area contributed by atoms with Crippen molar-refractivity contribution in [1.29, 1.82) is 5.26 Å². The van der Waals surface area contributed by atoms with E-state index in [2.05, 4.69) is 39.1 Å². The molecule has 0 heterocycles. The molecule has 0 aromatic rings. The van der Waals surface area contributed by atoms with Crippen molar-refractivity contribution in [2.75, 3.05) is 6.54 Å². The molecule has 2 atom stereocenters. The van der Waals surface area contributed by atoms with Crippen LogP contribution in [0.1, 0.15) is 59.8 Å². The Kier molecular flexibility index (Phi) is 6.71. The minimum atomic E-state index is 0.229. The van der Waals surface area contributed by atoms with Gasteiger partial charge in [-0.25, -0.2) is 0 Å². The Labute approximate surface area is 113 Å². The number of hydrogen-bond donors (Lipinski definition) is 1. The highest BCUT2D eigenvalue weighted by Gasteiger charge is 2.25. The number of nitrogens with one attached hydrogen (secondary N) is 1. The summed E-state index contributed by atoms with van der Waals surface area (Å²) < 4.78 is 0. The Morgan fingerprint density at radius 3 is 2.22 bits per heavy atom. The lowest BCUT2D eigenvalue weighted by Gasteiger charge is -2.29. The van der Waals surface area contributed by atoms with Gasteiger partial charge < -0.3 is 5.32 Å². The second-order valence-electron chi connectivity index (χ2n) is 6.54. The van der Waals surface area contributed by atoms with Crippen LogP contribution in [0.3, 0.4) is 0 Å². The Morgan fingerprint density at radius 1 is 1.06 bits per heavy atom. The van der Waals surface area contributed by atoms with Gasteiger partial charge in [0.15, 0.2) is 0 Å². The van der Waals surface area contributed by atoms with Crippen molar-refractivity contribution in [1.82, 2.24) is 5.32 Å². The number of hydrogen-bond acceptors (Lipinski definition) is 2. The fourth-order valence-corrected chi connectivity index (χ4v) is 3.24. The van der Waals surface area contributed by atoms with Crippen molar-refractivity contribution in [3.8, 4) is 6.07 Å². The summed E-state index contributed by atoms with van der Waals surface area (Å²) in [6.07, 6.45) is 6.08. The maximum Gasteiger partial charge on any atom is 0.0672 e. The van der Waals surface area contributed by atoms with Crippen LogP contribution in [0.25, 0.3) is 0 Å². The van der Waals surface area contributed by atoms with Crippen LogP contribution in [0.15, 0.2) is 0 Å². The van der Waals surface area contributed by atoms with Crippen molar-refractivity contribution in [2.24, 2.45) is 23.7 Å². The molecule has 1 rings (SSSR count). The third kappa shape index (κ3) is 4.61. The molecule has 1 saturated carbocycles. The van der Waals surface area contributed by atoms with Gasteiger partial charge in [-0.15, -0.1) is 0 Å². The van der Waals surface area contributed by atoms with Crippen molar-refractivity contribution >= 4 is 0 Å². The lowest BCUT2D eigenvalue weighted by Crippen LogP contribution is -2.40. The minimum absolute atomic E-state index is 0.229. The fraction of sp³-hybridized carbons (Fsp3) is 0.938. The highest BCUT2D eigenvalue weighted by Crippen LogP contribution is 2.25. The van der Waals surface area contributed by atoms with E-state index in [9.17, 15) is 5.26 Å². The SMILES string of the molecule is CC(C)C(CNC1CCCCCC1C#N)C(C)C. The summed E-state index contributed by atoms with van der Waals surface area (Å²) in [5.41, 5.74) is 0. The molecule has 0 radical (unpaired) electrons. The van der Waals surface area contributed by atoms with Gasteiger partial charge in [0.1, 0.15) is 0 Å². The summed E-state index contributed by atoms with van der Waals surface area (Å²) in [7, 11) is 0. The van der Waals surface area contributed by atoms with Gasteiger partial charge in [0.2, 0.25) is 0 Å². The molecule has 2 unspecified atom stereocenters. The highest BCUT2D eigenvalue weighted by atomic mass is 14.9. The molecule has 1 fully saturated rings. The van der Waals surface area contributed by atoms with Gasteiger partial charge in [-0.2, -0.15) is 5.26 Å². The van der Waals surface area contributed by atoms with Crippen LogP contribution >= 0.6 is 0 Å². The van der Waals surface area contributed by atoms with Crippen LogP contribution in [0.2, 0.25) is 0 Å². The molecule has 0 saturated heterocycles. The van der Waals surface area contributed by atoms with Crippen molar-refractivity contribution in [2.45, 2.75) is 65.8 Å². The molecule has 0 aliphatic heterocycles. The number of nitrogens with zero attached hydrogens (tertiary/aromatic N) is 1. The van der Waals surface area contributed by atoms with Gasteiger partial charge in [0.05, 0.1) is 12.0 Å². The van der Waals surface area contributed by atoms with Crippen LogP contribution in [-0.2, 0) is 0 Å². The van der Waals surface area contributed by atoms with Crippen LogP contribution in [0, 0.1) is 35.0 Å². The van der Waals surface area contributed by atoms with E-state index in [0.717, 1.165) is 13.0 Å². The Morgan fingerprint density at radius 2 is 1.67 bits per heavy atom. The van der Waals surface area contributed by atoms with E-state index in [-0.39, 0.29) is 5.92 Å². The molecule has 0 amide bonds. The molecule has 18 heavy (non-hydrogen) atoms. The van der Waals surface area contributed by atoms with Gasteiger partial charge in [-0.3, -0.25) is 0 Å². The van der Waals surface area contributed by atoms with Gasteiger partial charge in [-0.05, 0) is 37.1 Å². The predicted molar refractivity (Wildman–Crippen MR) is 77.1 cm³/mol. The monoisotopic (exact) mass is 250 g/mol. The largest absolute Gasteiger partial charge is 0.312 e. The van der Waals surface area contributed by atoms with Gasteiger partial charge in [0, 0.05) is 6.04 Å². The minimum Gasteiger partial charge on any atom is -0.312 e. The Hall–Kier alpha value is -0.550. The first-order chi connectivity index (χ1) is 8.56. The van der Waals surface area contributed by atoms with Gasteiger partial charge in [0.25, 0.3) is 0 Å². The fourth-order valence-electron chi connectivity index (χ4n) is 3.24. The van der Waals surface area contributed by atoms with E-state index in [0.29, 0.717) is 23.8 Å². The van der Waals surface area contributed by atoms with Crippen LogP contribution in [0.5, 0.6) is 0 Å². The second kappa shape index (κ2) is 7.79. The summed E-state index contributed by atoms with van der Waals surface area (Å²) in [4.78, 5) is 0. The van der Waals surface area contributed by atoms with Crippen LogP contribution in [0.4, 0.5) is 0 Å². The molecule has 1 N–H and O–H groups in total. The summed E-state index contributed by atoms with van der Waals surface area (Å²) in [6.45, 7) is 10.3. The maximum atomic E-state index is 9.28. The van der Waals surface area contributed by atoms with E-state index in [1.54, 1.807) is 0 Å². The van der Waals surface area contributed by atoms with Crippen molar-refractivity contribution in [3.05, 3.63) is 0 Å². The average molecular weight is 250 g/mol. The van der Waals surface area contributed by atoms with Crippen molar-refractivity contribution < 1.29 is 0 Å². The van der Waals surface area contributed by atoms with Gasteiger partial charge in [-0.1, -0.05) is 47.0 Å². The second-order valence-corrected chi connectivity index (χ2v) is 6.54. The Bertz CT molecular complexity index is 257. The molecule has 104 valence electrons. The molecule has 1 aliphatic carbocycles. The molecule has 2 heteroatoms. The number of nitriles is 1. The third-order valence-electron chi connectivity index (χ3n) is 4.51. The van der Waals surface area contributed by atoms with Gasteiger partial charge >= 0.3 is 0 Å². The third-order valence-corrected chi connectivity index (χ3v) is 4.51. The maximum absolute atomic E-state index is 9.28. The quantitative estimate of drug-likeness (QED) is 0.749. The zero-order valence-electron chi connectivity index (χ0n) is 12.6. The first kappa shape index (κ1) is 15.5. The van der Waals surface area contributed by atoms with E-state index < -0.39 is 0 Å². The highest BCUT2D eigenvalue weighted by molar-refractivity contribution is 4.93. The number of rotatable bonds is 5. The summed E-state index contributed by atoms with van der Waals surface area (Å²) in [5, 5.41) is 13.0. The first-order valence-corrected chi connectivity index (χ1v) is 7.69. The topological polar surface area (TPSA) is 35.8 Å². The summed E-state index contributed by atoms with van der Waals surface area (Å²) in [6, 6.07) is 2.94. The molecular weight excluding hydrogens is 220 g/mol. The summed E-state index contributed by atoms with van der Waals surface area (Å²) >= 11 is 0. The Balaban J connectivity index is 2.51. The molecule has 0 aromatic carbocycles. The molecule has 0 bridgehead atoms. The summed E-state index contributed by atoms with van der Waals surface area (Å²) in [5.74, 6) is 2.37. The predicted octanol–water partition coefficient (Wildman–Crippen LogP) is 3.98. The van der Waals surface area contributed by atoms with Crippen LogP contribution in [-0.4, -0.2) is 12.6 Å². The molecule has 1 aliphatic rings. The lowest BCUT2D eigenvalue weighted by molar-refractivity contribution is 0.252. The lowest BCUT2D eigenvalue weighted by atomic mass is 9.85. The van der Waals surface area contributed by atoms with E-state index in [1.807, 2.05) is 0 Å². The molecule has 0 aromatic heterocycles. The molecular formula is C16H30N2. The first-order valence-electron chi connectivity index (χ1n) is 7.69. The van der Waals surface area contributed by atoms with E-state index >= 15 is 0 Å². The normalized spacial score (nSPS) is 25.4. The van der Waals surface area contributed by atoms with Crippen LogP contribution < -0.4 is 5.32 Å². The average Bonchev–Trinajstić information content (AvgIpc) is 2.53. The smallest absolute Gasteiger partial charge is 0.0672 e. The zero-order chi connectivity index (χ0) is 13.5. The molecule has 2 nitrogen and oxygen atoms in total. The standard InChI is InChI=1S/C16H30N2/c1-12(2)15(13(3)4)11-18-16-9-7-5-6-8-14(16)10-17/h12-16,18H,5-9,11H2,1-4H3. The molecule has 0 spiro atoms. The van der Waals surface area contributed by atoms with E-state index in [1.165, 1.54) is 25.7 Å². The zero-order valence-corrected chi connectivity index (χ0v) is 12.6.